The van der Waals surface area contributed by atoms with Gasteiger partial charge in [0.05, 0.1) is 16.7 Å². The maximum atomic E-state index is 12.6. The largest absolute Gasteiger partial charge is 0.478 e. The molecule has 0 aliphatic heterocycles. The first kappa shape index (κ1) is 20.8. The first-order chi connectivity index (χ1) is 14.6. The standard InChI is InChI=1S/C25H22N2O3/c1-2-18-6-8-19(9-7-18)4-3-5-22-17-26-15-14-23(22)24(28)27-16-20-10-12-21(13-11-20)25(29)30/h6-15,17H,2,4,16H2,1H3,(H,27,28)(H,29,30). The Bertz CT molecular complexity index is 1090. The minimum absolute atomic E-state index is 0.209. The van der Waals surface area contributed by atoms with Gasteiger partial charge in [-0.15, -0.1) is 0 Å². The molecule has 0 saturated heterocycles. The van der Waals surface area contributed by atoms with E-state index in [2.05, 4.69) is 53.3 Å². The summed E-state index contributed by atoms with van der Waals surface area (Å²) in [6.07, 6.45) is 4.74. The van der Waals surface area contributed by atoms with Crippen LogP contribution in [0.1, 0.15) is 49.9 Å². The third-order valence-corrected chi connectivity index (χ3v) is 4.67. The fourth-order valence-electron chi connectivity index (χ4n) is 2.87. The van der Waals surface area contributed by atoms with Crippen molar-refractivity contribution in [2.24, 2.45) is 0 Å². The van der Waals surface area contributed by atoms with Gasteiger partial charge in [0.15, 0.2) is 0 Å². The molecule has 3 rings (SSSR count). The second kappa shape index (κ2) is 10.0. The third kappa shape index (κ3) is 5.55. The van der Waals surface area contributed by atoms with Gasteiger partial charge in [0.2, 0.25) is 0 Å². The number of hydrogen-bond donors (Lipinski definition) is 2. The van der Waals surface area contributed by atoms with Crippen LogP contribution in [-0.4, -0.2) is 22.0 Å². The molecule has 0 radical (unpaired) electrons. The van der Waals surface area contributed by atoms with Crippen LogP contribution in [0.4, 0.5) is 0 Å². The summed E-state index contributed by atoms with van der Waals surface area (Å²) in [5.41, 5.74) is 4.46. The lowest BCUT2D eigenvalue weighted by Gasteiger charge is -2.07. The van der Waals surface area contributed by atoms with Gasteiger partial charge in [-0.05, 0) is 41.3 Å². The van der Waals surface area contributed by atoms with Gasteiger partial charge < -0.3 is 10.4 Å². The Morgan fingerprint density at radius 2 is 1.63 bits per heavy atom. The molecule has 1 aromatic heterocycles. The number of amides is 1. The van der Waals surface area contributed by atoms with Crippen molar-refractivity contribution < 1.29 is 14.7 Å². The summed E-state index contributed by atoms with van der Waals surface area (Å²) in [7, 11) is 0. The van der Waals surface area contributed by atoms with Gasteiger partial charge in [-0.25, -0.2) is 4.79 Å². The van der Waals surface area contributed by atoms with E-state index in [0.717, 1.165) is 17.5 Å². The number of nitrogens with zero attached hydrogens (tertiary/aromatic N) is 1. The lowest BCUT2D eigenvalue weighted by molar-refractivity contribution is 0.0696. The lowest BCUT2D eigenvalue weighted by Crippen LogP contribution is -2.23. The highest BCUT2D eigenvalue weighted by Crippen LogP contribution is 2.09. The summed E-state index contributed by atoms with van der Waals surface area (Å²) in [5, 5.41) is 11.8. The van der Waals surface area contributed by atoms with Gasteiger partial charge in [0.25, 0.3) is 5.91 Å². The first-order valence-electron chi connectivity index (χ1n) is 9.68. The van der Waals surface area contributed by atoms with E-state index in [-0.39, 0.29) is 18.0 Å². The molecule has 0 saturated carbocycles. The normalized spacial score (nSPS) is 10.0. The van der Waals surface area contributed by atoms with Crippen molar-refractivity contribution in [2.45, 2.75) is 26.3 Å². The molecular formula is C25H22N2O3. The maximum absolute atomic E-state index is 12.6. The van der Waals surface area contributed by atoms with E-state index < -0.39 is 5.97 Å². The van der Waals surface area contributed by atoms with Crippen LogP contribution in [0.5, 0.6) is 0 Å². The Morgan fingerprint density at radius 1 is 0.967 bits per heavy atom. The van der Waals surface area contributed by atoms with Crippen LogP contribution < -0.4 is 5.32 Å². The average molecular weight is 398 g/mol. The number of nitrogens with one attached hydrogen (secondary N) is 1. The number of rotatable bonds is 6. The van der Waals surface area contributed by atoms with Crippen molar-refractivity contribution in [1.29, 1.82) is 0 Å². The average Bonchev–Trinajstić information content (AvgIpc) is 2.78. The highest BCUT2D eigenvalue weighted by molar-refractivity contribution is 5.96. The van der Waals surface area contributed by atoms with Crippen molar-refractivity contribution in [3.05, 3.63) is 100 Å². The Balaban J connectivity index is 1.65. The summed E-state index contributed by atoms with van der Waals surface area (Å²) in [6, 6.07) is 16.4. The predicted molar refractivity (Wildman–Crippen MR) is 115 cm³/mol. The molecular weight excluding hydrogens is 376 g/mol. The number of carboxylic acid groups (broad SMARTS) is 1. The van der Waals surface area contributed by atoms with Crippen LogP contribution >= 0.6 is 0 Å². The summed E-state index contributed by atoms with van der Waals surface area (Å²) in [4.78, 5) is 27.6. The molecule has 5 nitrogen and oxygen atoms in total. The molecule has 1 amide bonds. The topological polar surface area (TPSA) is 79.3 Å². The zero-order chi connectivity index (χ0) is 21.3. The number of benzene rings is 2. The van der Waals surface area contributed by atoms with Gasteiger partial charge in [0, 0.05) is 25.4 Å². The van der Waals surface area contributed by atoms with E-state index >= 15 is 0 Å². The molecule has 0 atom stereocenters. The number of aromatic nitrogens is 1. The lowest BCUT2D eigenvalue weighted by atomic mass is 10.1. The molecule has 30 heavy (non-hydrogen) atoms. The molecule has 3 aromatic rings. The van der Waals surface area contributed by atoms with Gasteiger partial charge in [0.1, 0.15) is 0 Å². The van der Waals surface area contributed by atoms with Crippen molar-refractivity contribution in [3.8, 4) is 11.8 Å². The van der Waals surface area contributed by atoms with E-state index in [1.54, 1.807) is 30.6 Å². The number of carboxylic acids is 1. The van der Waals surface area contributed by atoms with Gasteiger partial charge in [-0.3, -0.25) is 9.78 Å². The van der Waals surface area contributed by atoms with E-state index in [4.69, 9.17) is 5.11 Å². The van der Waals surface area contributed by atoms with Crippen molar-refractivity contribution in [1.82, 2.24) is 10.3 Å². The second-order valence-electron chi connectivity index (χ2n) is 6.75. The zero-order valence-corrected chi connectivity index (χ0v) is 16.7. The van der Waals surface area contributed by atoms with Crippen molar-refractivity contribution in [2.75, 3.05) is 0 Å². The van der Waals surface area contributed by atoms with E-state index in [0.29, 0.717) is 17.5 Å². The Morgan fingerprint density at radius 3 is 2.30 bits per heavy atom. The molecule has 0 spiro atoms. The number of aryl methyl sites for hydroxylation is 1. The highest BCUT2D eigenvalue weighted by Gasteiger charge is 2.10. The third-order valence-electron chi connectivity index (χ3n) is 4.67. The smallest absolute Gasteiger partial charge is 0.335 e. The number of carbonyl (C=O) groups excluding carboxylic acids is 1. The Kier molecular flexibility index (Phi) is 6.96. The first-order valence-corrected chi connectivity index (χ1v) is 9.68. The predicted octanol–water partition coefficient (Wildman–Crippen LogP) is 3.87. The summed E-state index contributed by atoms with van der Waals surface area (Å²) < 4.78 is 0. The highest BCUT2D eigenvalue weighted by atomic mass is 16.4. The van der Waals surface area contributed by atoms with Crippen LogP contribution in [0, 0.1) is 11.8 Å². The SMILES string of the molecule is CCc1ccc(CC#Cc2cnccc2C(=O)NCc2ccc(C(=O)O)cc2)cc1. The molecule has 1 heterocycles. The second-order valence-corrected chi connectivity index (χ2v) is 6.75. The van der Waals surface area contributed by atoms with E-state index in [1.165, 1.54) is 17.7 Å². The number of hydrogen-bond acceptors (Lipinski definition) is 3. The molecule has 5 heteroatoms. The van der Waals surface area contributed by atoms with Crippen LogP contribution in [0.2, 0.25) is 0 Å². The quantitative estimate of drug-likeness (QED) is 0.618. The van der Waals surface area contributed by atoms with E-state index in [9.17, 15) is 9.59 Å². The summed E-state index contributed by atoms with van der Waals surface area (Å²) in [6.45, 7) is 2.41. The Labute approximate surface area is 175 Å². The minimum atomic E-state index is -0.980. The Hall–Kier alpha value is -3.91. The fourth-order valence-corrected chi connectivity index (χ4v) is 2.87. The minimum Gasteiger partial charge on any atom is -0.478 e. The fraction of sp³-hybridized carbons (Fsp3) is 0.160. The zero-order valence-electron chi connectivity index (χ0n) is 16.7. The van der Waals surface area contributed by atoms with Crippen molar-refractivity contribution in [3.63, 3.8) is 0 Å². The monoisotopic (exact) mass is 398 g/mol. The molecule has 0 unspecified atom stereocenters. The van der Waals surface area contributed by atoms with Gasteiger partial charge in [-0.1, -0.05) is 55.2 Å². The molecule has 0 bridgehead atoms. The molecule has 2 N–H and O–H groups in total. The van der Waals surface area contributed by atoms with Crippen LogP contribution in [0.25, 0.3) is 0 Å². The molecule has 0 fully saturated rings. The molecule has 0 aliphatic rings. The van der Waals surface area contributed by atoms with Crippen LogP contribution in [0.3, 0.4) is 0 Å². The molecule has 150 valence electrons. The number of aromatic carboxylic acids is 1. The molecule has 0 aliphatic carbocycles. The van der Waals surface area contributed by atoms with Gasteiger partial charge >= 0.3 is 5.97 Å². The van der Waals surface area contributed by atoms with Gasteiger partial charge in [-0.2, -0.15) is 0 Å². The number of carbonyl (C=O) groups is 2. The summed E-state index contributed by atoms with van der Waals surface area (Å²) in [5.74, 6) is 4.93. The van der Waals surface area contributed by atoms with Crippen LogP contribution in [-0.2, 0) is 19.4 Å². The maximum Gasteiger partial charge on any atom is 0.335 e. The van der Waals surface area contributed by atoms with Crippen molar-refractivity contribution >= 4 is 11.9 Å². The summed E-state index contributed by atoms with van der Waals surface area (Å²) >= 11 is 0. The molecule has 2 aromatic carbocycles. The van der Waals surface area contributed by atoms with Crippen LogP contribution in [0.15, 0.2) is 67.0 Å². The number of pyridine rings is 1. The van der Waals surface area contributed by atoms with E-state index in [1.807, 2.05) is 0 Å².